The largest absolute Gasteiger partial charge is 0.319 e. The minimum atomic E-state index is 0.677. The van der Waals surface area contributed by atoms with Gasteiger partial charge in [0.1, 0.15) is 0 Å². The highest BCUT2D eigenvalue weighted by Crippen LogP contribution is 2.09. The van der Waals surface area contributed by atoms with Crippen molar-refractivity contribution in [1.82, 2.24) is 10.3 Å². The van der Waals surface area contributed by atoms with Crippen molar-refractivity contribution in [3.63, 3.8) is 0 Å². The maximum absolute atomic E-state index is 5.78. The van der Waals surface area contributed by atoms with Gasteiger partial charge < -0.3 is 5.32 Å². The molecule has 1 aromatic heterocycles. The standard InChI is InChI=1S/C10H13ClN2/c1-12-5-3-2-4-9-6-10(11)8-13-7-9/h2,4,6-8,12H,3,5H2,1H3. The molecule has 1 rings (SSSR count). The maximum Gasteiger partial charge on any atom is 0.0595 e. The van der Waals surface area contributed by atoms with Crippen LogP contribution in [0, 0.1) is 0 Å². The van der Waals surface area contributed by atoms with Gasteiger partial charge in [0.05, 0.1) is 5.02 Å². The monoisotopic (exact) mass is 196 g/mol. The smallest absolute Gasteiger partial charge is 0.0595 e. The Kier molecular flexibility index (Phi) is 4.50. The molecule has 70 valence electrons. The molecule has 0 saturated heterocycles. The van der Waals surface area contributed by atoms with Crippen LogP contribution in [-0.4, -0.2) is 18.6 Å². The second kappa shape index (κ2) is 5.73. The molecule has 3 heteroatoms. The number of hydrogen-bond acceptors (Lipinski definition) is 2. The molecule has 0 aliphatic carbocycles. The molecule has 0 saturated carbocycles. The Labute approximate surface area is 83.6 Å². The fraction of sp³-hybridized carbons (Fsp3) is 0.300. The Morgan fingerprint density at radius 2 is 2.38 bits per heavy atom. The highest BCUT2D eigenvalue weighted by Gasteiger charge is 1.88. The zero-order chi connectivity index (χ0) is 9.52. The summed E-state index contributed by atoms with van der Waals surface area (Å²) < 4.78 is 0. The van der Waals surface area contributed by atoms with Gasteiger partial charge >= 0.3 is 0 Å². The first-order valence-electron chi connectivity index (χ1n) is 4.24. The van der Waals surface area contributed by atoms with Gasteiger partial charge in [0, 0.05) is 12.4 Å². The second-order valence-corrected chi connectivity index (χ2v) is 3.17. The molecule has 0 bridgehead atoms. The van der Waals surface area contributed by atoms with Crippen molar-refractivity contribution in [3.8, 4) is 0 Å². The third kappa shape index (κ3) is 4.06. The van der Waals surface area contributed by atoms with Gasteiger partial charge in [0.25, 0.3) is 0 Å². The topological polar surface area (TPSA) is 24.9 Å². The summed E-state index contributed by atoms with van der Waals surface area (Å²) in [5.41, 5.74) is 1.05. The summed E-state index contributed by atoms with van der Waals surface area (Å²) in [5, 5.41) is 3.75. The van der Waals surface area contributed by atoms with Crippen LogP contribution in [0.1, 0.15) is 12.0 Å². The summed E-state index contributed by atoms with van der Waals surface area (Å²) in [6.07, 6.45) is 8.57. The summed E-state index contributed by atoms with van der Waals surface area (Å²) in [6, 6.07) is 1.89. The molecule has 0 fully saturated rings. The van der Waals surface area contributed by atoms with Crippen LogP contribution in [0.4, 0.5) is 0 Å². The van der Waals surface area contributed by atoms with E-state index in [1.165, 1.54) is 0 Å². The molecule has 0 atom stereocenters. The molecule has 1 heterocycles. The summed E-state index contributed by atoms with van der Waals surface area (Å²) in [7, 11) is 1.94. The lowest BCUT2D eigenvalue weighted by atomic mass is 10.2. The molecular formula is C10H13ClN2. The van der Waals surface area contributed by atoms with Crippen molar-refractivity contribution in [3.05, 3.63) is 35.1 Å². The predicted octanol–water partition coefficient (Wildman–Crippen LogP) is 2.36. The summed E-state index contributed by atoms with van der Waals surface area (Å²) in [5.74, 6) is 0. The molecule has 13 heavy (non-hydrogen) atoms. The van der Waals surface area contributed by atoms with Crippen molar-refractivity contribution in [2.75, 3.05) is 13.6 Å². The average molecular weight is 197 g/mol. The lowest BCUT2D eigenvalue weighted by Crippen LogP contribution is -2.05. The molecule has 2 nitrogen and oxygen atoms in total. The highest BCUT2D eigenvalue weighted by atomic mass is 35.5. The van der Waals surface area contributed by atoms with Crippen LogP contribution in [-0.2, 0) is 0 Å². The molecule has 1 N–H and O–H groups in total. The van der Waals surface area contributed by atoms with E-state index in [2.05, 4.69) is 16.4 Å². The van der Waals surface area contributed by atoms with Crippen LogP contribution in [0.2, 0.25) is 5.02 Å². The number of rotatable bonds is 4. The molecule has 0 aromatic carbocycles. The predicted molar refractivity (Wildman–Crippen MR) is 56.8 cm³/mol. The molecule has 0 amide bonds. The molecule has 0 aliphatic rings. The van der Waals surface area contributed by atoms with Gasteiger partial charge in [-0.3, -0.25) is 4.98 Å². The Hall–Kier alpha value is -0.860. The zero-order valence-corrected chi connectivity index (χ0v) is 8.38. The van der Waals surface area contributed by atoms with Crippen LogP contribution in [0.3, 0.4) is 0 Å². The first-order chi connectivity index (χ1) is 6.33. The van der Waals surface area contributed by atoms with Gasteiger partial charge in [-0.25, -0.2) is 0 Å². The number of nitrogens with one attached hydrogen (secondary N) is 1. The lowest BCUT2D eigenvalue weighted by Gasteiger charge is -1.94. The van der Waals surface area contributed by atoms with Crippen molar-refractivity contribution in [1.29, 1.82) is 0 Å². The fourth-order valence-corrected chi connectivity index (χ4v) is 1.15. The van der Waals surface area contributed by atoms with Gasteiger partial charge in [0.2, 0.25) is 0 Å². The minimum absolute atomic E-state index is 0.677. The Morgan fingerprint density at radius 1 is 1.54 bits per heavy atom. The van der Waals surface area contributed by atoms with E-state index in [9.17, 15) is 0 Å². The number of halogens is 1. The van der Waals surface area contributed by atoms with Gasteiger partial charge in [-0.15, -0.1) is 0 Å². The summed E-state index contributed by atoms with van der Waals surface area (Å²) in [6.45, 7) is 0.991. The Bertz CT molecular complexity index is 284. The lowest BCUT2D eigenvalue weighted by molar-refractivity contribution is 0.809. The third-order valence-electron chi connectivity index (χ3n) is 1.60. The molecule has 1 aromatic rings. The van der Waals surface area contributed by atoms with E-state index in [0.717, 1.165) is 18.5 Å². The Morgan fingerprint density at radius 3 is 3.08 bits per heavy atom. The maximum atomic E-state index is 5.78. The molecule has 0 radical (unpaired) electrons. The van der Waals surface area contributed by atoms with Gasteiger partial charge in [-0.2, -0.15) is 0 Å². The number of aromatic nitrogens is 1. The van der Waals surface area contributed by atoms with E-state index in [1.807, 2.05) is 19.2 Å². The van der Waals surface area contributed by atoms with Gasteiger partial charge in [-0.05, 0) is 31.6 Å². The quantitative estimate of drug-likeness (QED) is 0.748. The van der Waals surface area contributed by atoms with Crippen LogP contribution in [0.15, 0.2) is 24.5 Å². The van der Waals surface area contributed by atoms with E-state index in [0.29, 0.717) is 5.02 Å². The minimum Gasteiger partial charge on any atom is -0.319 e. The van der Waals surface area contributed by atoms with Crippen molar-refractivity contribution in [2.45, 2.75) is 6.42 Å². The number of nitrogens with zero attached hydrogens (tertiary/aromatic N) is 1. The van der Waals surface area contributed by atoms with Gasteiger partial charge in [-0.1, -0.05) is 23.8 Å². The van der Waals surface area contributed by atoms with E-state index < -0.39 is 0 Å². The van der Waals surface area contributed by atoms with Crippen molar-refractivity contribution in [2.24, 2.45) is 0 Å². The first-order valence-corrected chi connectivity index (χ1v) is 4.62. The molecular weight excluding hydrogens is 184 g/mol. The van der Waals surface area contributed by atoms with E-state index in [-0.39, 0.29) is 0 Å². The normalized spacial score (nSPS) is 10.9. The van der Waals surface area contributed by atoms with E-state index in [4.69, 9.17) is 11.6 Å². The SMILES string of the molecule is CNCCC=Cc1cncc(Cl)c1. The fourth-order valence-electron chi connectivity index (χ4n) is 0.967. The van der Waals surface area contributed by atoms with Crippen molar-refractivity contribution < 1.29 is 0 Å². The average Bonchev–Trinajstić information content (AvgIpc) is 2.13. The number of pyridine rings is 1. The molecule has 0 spiro atoms. The molecule has 0 unspecified atom stereocenters. The first kappa shape index (κ1) is 10.2. The van der Waals surface area contributed by atoms with Crippen LogP contribution in [0.25, 0.3) is 6.08 Å². The third-order valence-corrected chi connectivity index (χ3v) is 1.80. The van der Waals surface area contributed by atoms with E-state index in [1.54, 1.807) is 12.4 Å². The van der Waals surface area contributed by atoms with Crippen LogP contribution < -0.4 is 5.32 Å². The van der Waals surface area contributed by atoms with E-state index >= 15 is 0 Å². The van der Waals surface area contributed by atoms with Gasteiger partial charge in [0.15, 0.2) is 0 Å². The summed E-state index contributed by atoms with van der Waals surface area (Å²) >= 11 is 5.78. The number of hydrogen-bond donors (Lipinski definition) is 1. The molecule has 0 aliphatic heterocycles. The highest BCUT2D eigenvalue weighted by molar-refractivity contribution is 6.30. The van der Waals surface area contributed by atoms with Crippen LogP contribution >= 0.6 is 11.6 Å². The summed E-state index contributed by atoms with van der Waals surface area (Å²) in [4.78, 5) is 3.98. The second-order valence-electron chi connectivity index (χ2n) is 2.73. The van der Waals surface area contributed by atoms with Crippen molar-refractivity contribution >= 4 is 17.7 Å². The Balaban J connectivity index is 2.48. The zero-order valence-electron chi connectivity index (χ0n) is 7.63. The van der Waals surface area contributed by atoms with Crippen LogP contribution in [0.5, 0.6) is 0 Å².